The highest BCUT2D eigenvalue weighted by Crippen LogP contribution is 2.26. The van der Waals surface area contributed by atoms with Crippen molar-refractivity contribution < 1.29 is 8.42 Å². The Balaban J connectivity index is 1.88. The number of sulfone groups is 1. The Bertz CT molecular complexity index is 776. The fourth-order valence-electron chi connectivity index (χ4n) is 2.73. The third kappa shape index (κ3) is 2.91. The number of halogens is 1. The van der Waals surface area contributed by atoms with Crippen LogP contribution in [0.2, 0.25) is 5.02 Å². The lowest BCUT2D eigenvalue weighted by molar-refractivity contribution is 0.271. The van der Waals surface area contributed by atoms with Crippen molar-refractivity contribution in [2.75, 3.05) is 18.8 Å². The minimum atomic E-state index is -2.91. The van der Waals surface area contributed by atoms with Crippen molar-refractivity contribution >= 4 is 32.3 Å². The lowest BCUT2D eigenvalue weighted by Gasteiger charge is -2.31. The molecule has 0 saturated carbocycles. The minimum absolute atomic E-state index is 0.229. The van der Waals surface area contributed by atoms with Crippen molar-refractivity contribution in [2.45, 2.75) is 18.7 Å². The molecule has 0 spiro atoms. The second kappa shape index (κ2) is 5.55. The molecule has 1 aliphatic heterocycles. The van der Waals surface area contributed by atoms with Crippen LogP contribution in [0.1, 0.15) is 12.5 Å². The molecule has 1 aromatic heterocycles. The average molecular weight is 325 g/mol. The number of aromatic nitrogens is 1. The van der Waals surface area contributed by atoms with Crippen LogP contribution in [-0.4, -0.2) is 42.4 Å². The molecule has 1 aliphatic rings. The van der Waals surface area contributed by atoms with Gasteiger partial charge in [-0.05, 0) is 30.7 Å². The summed E-state index contributed by atoms with van der Waals surface area (Å²) in [5, 5.41) is 1.32. The van der Waals surface area contributed by atoms with E-state index in [1.165, 1.54) is 0 Å². The zero-order chi connectivity index (χ0) is 15.0. The largest absolute Gasteiger partial charge is 0.297 e. The van der Waals surface area contributed by atoms with Gasteiger partial charge >= 0.3 is 0 Å². The third-order valence-electron chi connectivity index (χ3n) is 4.01. The second-order valence-electron chi connectivity index (χ2n) is 5.52. The Morgan fingerprint density at radius 2 is 2.19 bits per heavy atom. The fraction of sp³-hybridized carbons (Fsp3) is 0.400. The van der Waals surface area contributed by atoms with Crippen molar-refractivity contribution in [3.63, 3.8) is 0 Å². The van der Waals surface area contributed by atoms with Crippen molar-refractivity contribution in [1.29, 1.82) is 0 Å². The number of benzene rings is 1. The summed E-state index contributed by atoms with van der Waals surface area (Å²) in [5.41, 5.74) is 1.98. The summed E-state index contributed by atoms with van der Waals surface area (Å²) >= 11 is 6.20. The molecule has 3 rings (SSSR count). The summed E-state index contributed by atoms with van der Waals surface area (Å²) in [5.74, 6) is 0.229. The minimum Gasteiger partial charge on any atom is -0.297 e. The van der Waals surface area contributed by atoms with E-state index in [-0.39, 0.29) is 11.0 Å². The Morgan fingerprint density at radius 1 is 1.38 bits per heavy atom. The van der Waals surface area contributed by atoms with E-state index in [1.807, 2.05) is 24.3 Å². The van der Waals surface area contributed by atoms with E-state index in [2.05, 4.69) is 9.88 Å². The molecule has 0 aliphatic carbocycles. The molecule has 112 valence electrons. The van der Waals surface area contributed by atoms with Gasteiger partial charge in [0, 0.05) is 36.2 Å². The molecule has 1 atom stereocenters. The molecule has 2 aromatic rings. The number of hydrogen-bond donors (Lipinski definition) is 0. The molecule has 0 bridgehead atoms. The van der Waals surface area contributed by atoms with Crippen molar-refractivity contribution in [2.24, 2.45) is 0 Å². The van der Waals surface area contributed by atoms with Crippen LogP contribution in [0.25, 0.3) is 10.9 Å². The van der Waals surface area contributed by atoms with E-state index < -0.39 is 9.84 Å². The van der Waals surface area contributed by atoms with Gasteiger partial charge in [0.1, 0.15) is 0 Å². The van der Waals surface area contributed by atoms with Gasteiger partial charge in [0.2, 0.25) is 0 Å². The molecule has 1 unspecified atom stereocenters. The monoisotopic (exact) mass is 324 g/mol. The first-order chi connectivity index (χ1) is 9.97. The van der Waals surface area contributed by atoms with Crippen molar-refractivity contribution in [3.8, 4) is 0 Å². The topological polar surface area (TPSA) is 50.3 Å². The highest BCUT2D eigenvalue weighted by molar-refractivity contribution is 7.92. The zero-order valence-corrected chi connectivity index (χ0v) is 13.4. The maximum Gasteiger partial charge on any atom is 0.155 e. The van der Waals surface area contributed by atoms with Crippen LogP contribution in [0.5, 0.6) is 0 Å². The Morgan fingerprint density at radius 3 is 2.95 bits per heavy atom. The second-order valence-corrected chi connectivity index (χ2v) is 8.46. The Hall–Kier alpha value is -1.17. The van der Waals surface area contributed by atoms with Gasteiger partial charge in [-0.25, -0.2) is 8.42 Å². The number of fused-ring (bicyclic) bond motifs is 1. The normalized spacial score (nSPS) is 22.5. The first kappa shape index (κ1) is 14.8. The highest BCUT2D eigenvalue weighted by Gasteiger charge is 2.29. The number of pyridine rings is 1. The first-order valence-corrected chi connectivity index (χ1v) is 9.03. The Labute approximate surface area is 129 Å². The number of nitrogens with zero attached hydrogens (tertiary/aromatic N) is 2. The van der Waals surface area contributed by atoms with Crippen molar-refractivity contribution in [1.82, 2.24) is 9.88 Å². The van der Waals surface area contributed by atoms with E-state index in [1.54, 1.807) is 13.1 Å². The summed E-state index contributed by atoms with van der Waals surface area (Å²) in [4.78, 5) is 6.60. The lowest BCUT2D eigenvalue weighted by atomic mass is 10.1. The van der Waals surface area contributed by atoms with Gasteiger partial charge < -0.3 is 0 Å². The maximum atomic E-state index is 11.8. The molecule has 0 N–H and O–H groups in total. The molecule has 21 heavy (non-hydrogen) atoms. The van der Waals surface area contributed by atoms with E-state index >= 15 is 0 Å². The quantitative estimate of drug-likeness (QED) is 0.851. The molecule has 6 heteroatoms. The standard InChI is InChI=1S/C15H17ClN2O2S/c1-11-9-18(7-8-21(11,19)20)10-12-4-5-14(16)13-3-2-6-17-15(12)13/h2-6,11H,7-10H2,1H3. The van der Waals surface area contributed by atoms with Crippen LogP contribution in [-0.2, 0) is 16.4 Å². The van der Waals surface area contributed by atoms with Gasteiger partial charge in [0.05, 0.1) is 16.5 Å². The molecule has 0 amide bonds. The predicted octanol–water partition coefficient (Wildman–Crippen LogP) is 2.51. The van der Waals surface area contributed by atoms with Gasteiger partial charge in [-0.2, -0.15) is 0 Å². The molecule has 1 fully saturated rings. The van der Waals surface area contributed by atoms with E-state index in [0.717, 1.165) is 16.5 Å². The summed E-state index contributed by atoms with van der Waals surface area (Å²) in [6, 6.07) is 7.68. The van der Waals surface area contributed by atoms with Crippen LogP contribution in [0.4, 0.5) is 0 Å². The molecule has 1 aromatic carbocycles. The van der Waals surface area contributed by atoms with Gasteiger partial charge in [-0.3, -0.25) is 9.88 Å². The highest BCUT2D eigenvalue weighted by atomic mass is 35.5. The van der Waals surface area contributed by atoms with Crippen LogP contribution >= 0.6 is 11.6 Å². The summed E-state index contributed by atoms with van der Waals surface area (Å²) < 4.78 is 23.6. The van der Waals surface area contributed by atoms with Gasteiger partial charge in [-0.1, -0.05) is 17.7 Å². The van der Waals surface area contributed by atoms with Crippen LogP contribution in [0, 0.1) is 0 Å². The molecular weight excluding hydrogens is 308 g/mol. The van der Waals surface area contributed by atoms with E-state index in [0.29, 0.717) is 24.7 Å². The van der Waals surface area contributed by atoms with Gasteiger partial charge in [-0.15, -0.1) is 0 Å². The van der Waals surface area contributed by atoms with Crippen LogP contribution in [0.3, 0.4) is 0 Å². The molecule has 2 heterocycles. The van der Waals surface area contributed by atoms with E-state index in [9.17, 15) is 8.42 Å². The summed E-state index contributed by atoms with van der Waals surface area (Å²) in [6.45, 7) is 3.62. The van der Waals surface area contributed by atoms with Gasteiger partial charge in [0.15, 0.2) is 9.84 Å². The molecule has 0 radical (unpaired) electrons. The first-order valence-electron chi connectivity index (χ1n) is 6.93. The lowest BCUT2D eigenvalue weighted by Crippen LogP contribution is -2.44. The molecule has 1 saturated heterocycles. The zero-order valence-electron chi connectivity index (χ0n) is 11.8. The summed E-state index contributed by atoms with van der Waals surface area (Å²) in [6.07, 6.45) is 1.76. The fourth-order valence-corrected chi connectivity index (χ4v) is 4.30. The van der Waals surface area contributed by atoms with Gasteiger partial charge in [0.25, 0.3) is 0 Å². The average Bonchev–Trinajstić information content (AvgIpc) is 2.46. The predicted molar refractivity (Wildman–Crippen MR) is 85.3 cm³/mol. The van der Waals surface area contributed by atoms with E-state index in [4.69, 9.17) is 11.6 Å². The summed E-state index contributed by atoms with van der Waals surface area (Å²) in [7, 11) is -2.91. The Kier molecular flexibility index (Phi) is 3.90. The van der Waals surface area contributed by atoms with Crippen LogP contribution in [0.15, 0.2) is 30.5 Å². The smallest absolute Gasteiger partial charge is 0.155 e. The number of hydrogen-bond acceptors (Lipinski definition) is 4. The SMILES string of the molecule is CC1CN(Cc2ccc(Cl)c3cccnc23)CCS1(=O)=O. The molecule has 4 nitrogen and oxygen atoms in total. The molecular formula is C15H17ClN2O2S. The third-order valence-corrected chi connectivity index (χ3v) is 6.47. The van der Waals surface area contributed by atoms with Crippen LogP contribution < -0.4 is 0 Å². The maximum absolute atomic E-state index is 11.8. The van der Waals surface area contributed by atoms with Crippen molar-refractivity contribution in [3.05, 3.63) is 41.0 Å². The number of rotatable bonds is 2.